The smallest absolute Gasteiger partial charge is 0.121 e. The summed E-state index contributed by atoms with van der Waals surface area (Å²) in [6.45, 7) is 8.95. The minimum absolute atomic E-state index is 0.671. The number of hydrogen-bond acceptors (Lipinski definition) is 3. The quantitative estimate of drug-likeness (QED) is 0.833. The molecule has 0 bridgehead atoms. The number of methoxy groups -OCH3 is 1. The van der Waals surface area contributed by atoms with Crippen molar-refractivity contribution in [2.24, 2.45) is 0 Å². The molecular weight excluding hydrogens is 260 g/mol. The zero-order chi connectivity index (χ0) is 15.1. The monoisotopic (exact) mass is 290 g/mol. The summed E-state index contributed by atoms with van der Waals surface area (Å²) < 4.78 is 5.35. The van der Waals surface area contributed by atoms with E-state index in [-0.39, 0.29) is 0 Å². The van der Waals surface area contributed by atoms with E-state index in [0.29, 0.717) is 6.04 Å². The summed E-state index contributed by atoms with van der Waals surface area (Å²) in [7, 11) is 1.74. The Morgan fingerprint density at radius 1 is 1.33 bits per heavy atom. The van der Waals surface area contributed by atoms with E-state index in [1.54, 1.807) is 7.11 Å². The maximum atomic E-state index is 5.35. The third-order valence-corrected chi connectivity index (χ3v) is 4.30. The highest BCUT2D eigenvalue weighted by Gasteiger charge is 2.16. The van der Waals surface area contributed by atoms with Crippen molar-refractivity contribution in [2.75, 3.05) is 26.7 Å². The van der Waals surface area contributed by atoms with Crippen LogP contribution >= 0.6 is 0 Å². The van der Waals surface area contributed by atoms with Crippen molar-refractivity contribution >= 4 is 0 Å². The molecule has 1 N–H and O–H groups in total. The normalized spacial score (nSPS) is 19.0. The van der Waals surface area contributed by atoms with Gasteiger partial charge in [0.1, 0.15) is 5.75 Å². The van der Waals surface area contributed by atoms with Gasteiger partial charge in [-0.3, -0.25) is 4.90 Å². The fourth-order valence-electron chi connectivity index (χ4n) is 3.24. The highest BCUT2D eigenvalue weighted by atomic mass is 16.5. The topological polar surface area (TPSA) is 24.5 Å². The molecule has 118 valence electrons. The summed E-state index contributed by atoms with van der Waals surface area (Å²) in [5, 5.41) is 3.66. The van der Waals surface area contributed by atoms with E-state index in [0.717, 1.165) is 12.3 Å². The molecule has 0 saturated carbocycles. The maximum Gasteiger partial charge on any atom is 0.121 e. The number of hydrogen-bond donors (Lipinski definition) is 1. The van der Waals surface area contributed by atoms with Crippen LogP contribution in [0.4, 0.5) is 0 Å². The molecule has 0 aromatic heterocycles. The summed E-state index contributed by atoms with van der Waals surface area (Å²) in [6.07, 6.45) is 5.24. The van der Waals surface area contributed by atoms with Gasteiger partial charge in [-0.2, -0.15) is 0 Å². The lowest BCUT2D eigenvalue weighted by Gasteiger charge is -2.30. The van der Waals surface area contributed by atoms with Crippen molar-refractivity contribution in [3.8, 4) is 5.75 Å². The van der Waals surface area contributed by atoms with Gasteiger partial charge in [-0.1, -0.05) is 25.5 Å². The summed E-state index contributed by atoms with van der Waals surface area (Å²) in [4.78, 5) is 2.59. The fraction of sp³-hybridized carbons (Fsp3) is 0.667. The predicted octanol–water partition coefficient (Wildman–Crippen LogP) is 3.36. The molecular formula is C18H30N2O. The van der Waals surface area contributed by atoms with Gasteiger partial charge >= 0.3 is 0 Å². The van der Waals surface area contributed by atoms with Gasteiger partial charge in [0.25, 0.3) is 0 Å². The highest BCUT2D eigenvalue weighted by molar-refractivity contribution is 5.36. The second-order valence-electron chi connectivity index (χ2n) is 6.19. The van der Waals surface area contributed by atoms with Crippen molar-refractivity contribution in [3.05, 3.63) is 29.3 Å². The van der Waals surface area contributed by atoms with Crippen LogP contribution in [-0.4, -0.2) is 37.7 Å². The van der Waals surface area contributed by atoms with E-state index in [1.165, 1.54) is 56.4 Å². The molecule has 0 radical (unpaired) electrons. The predicted molar refractivity (Wildman–Crippen MR) is 88.9 cm³/mol. The Hall–Kier alpha value is -1.06. The van der Waals surface area contributed by atoms with Crippen molar-refractivity contribution in [1.82, 2.24) is 10.2 Å². The van der Waals surface area contributed by atoms with Gasteiger partial charge in [-0.15, -0.1) is 0 Å². The van der Waals surface area contributed by atoms with Crippen LogP contribution in [0.15, 0.2) is 18.2 Å². The van der Waals surface area contributed by atoms with Crippen molar-refractivity contribution < 1.29 is 4.74 Å². The van der Waals surface area contributed by atoms with Gasteiger partial charge in [-0.25, -0.2) is 0 Å². The van der Waals surface area contributed by atoms with Crippen LogP contribution in [0.25, 0.3) is 0 Å². The van der Waals surface area contributed by atoms with Crippen molar-refractivity contribution in [1.29, 1.82) is 0 Å². The van der Waals surface area contributed by atoms with Crippen LogP contribution in [0.5, 0.6) is 5.75 Å². The third kappa shape index (κ3) is 5.01. The molecule has 1 saturated heterocycles. The molecule has 1 aliphatic rings. The second-order valence-corrected chi connectivity index (χ2v) is 6.19. The Kier molecular flexibility index (Phi) is 6.52. The average Bonchev–Trinajstić information content (AvgIpc) is 2.49. The molecule has 1 fully saturated rings. The number of aryl methyl sites for hydroxylation is 1. The molecule has 3 nitrogen and oxygen atoms in total. The zero-order valence-corrected chi connectivity index (χ0v) is 13.8. The van der Waals surface area contributed by atoms with Crippen molar-refractivity contribution in [2.45, 2.75) is 52.1 Å². The van der Waals surface area contributed by atoms with Crippen LogP contribution in [0, 0.1) is 6.92 Å². The fourth-order valence-corrected chi connectivity index (χ4v) is 3.24. The number of rotatable bonds is 7. The first kappa shape index (κ1) is 16.3. The zero-order valence-electron chi connectivity index (χ0n) is 13.8. The number of ether oxygens (including phenoxy) is 1. The molecule has 0 amide bonds. The first-order valence-electron chi connectivity index (χ1n) is 8.32. The first-order valence-corrected chi connectivity index (χ1v) is 8.32. The Labute approximate surface area is 129 Å². The number of piperidine rings is 1. The molecule has 1 aromatic rings. The Bertz CT molecular complexity index is 427. The molecule has 0 aliphatic carbocycles. The van der Waals surface area contributed by atoms with E-state index in [4.69, 9.17) is 4.74 Å². The molecule has 1 atom stereocenters. The van der Waals surface area contributed by atoms with E-state index >= 15 is 0 Å². The first-order chi connectivity index (χ1) is 10.2. The summed E-state index contributed by atoms with van der Waals surface area (Å²) in [5.41, 5.74) is 2.61. The molecule has 1 aromatic carbocycles. The van der Waals surface area contributed by atoms with Crippen LogP contribution in [0.2, 0.25) is 0 Å². The maximum absolute atomic E-state index is 5.35. The molecule has 0 spiro atoms. The lowest BCUT2D eigenvalue weighted by molar-refractivity contribution is 0.217. The molecule has 2 rings (SSSR count). The summed E-state index contributed by atoms with van der Waals surface area (Å²) in [5.74, 6) is 0.981. The molecule has 1 unspecified atom stereocenters. The number of nitrogens with zero attached hydrogens (tertiary/aromatic N) is 1. The number of benzene rings is 1. The van der Waals surface area contributed by atoms with Crippen LogP contribution in [0.1, 0.15) is 43.7 Å². The van der Waals surface area contributed by atoms with Gasteiger partial charge in [-0.05, 0) is 56.5 Å². The lowest BCUT2D eigenvalue weighted by atomic mass is 10.0. The van der Waals surface area contributed by atoms with Crippen LogP contribution in [-0.2, 0) is 6.54 Å². The minimum atomic E-state index is 0.671. The van der Waals surface area contributed by atoms with Gasteiger partial charge in [0.05, 0.1) is 7.11 Å². The average molecular weight is 290 g/mol. The highest BCUT2D eigenvalue weighted by Crippen LogP contribution is 2.20. The van der Waals surface area contributed by atoms with Crippen molar-refractivity contribution in [3.63, 3.8) is 0 Å². The van der Waals surface area contributed by atoms with Crippen LogP contribution in [0.3, 0.4) is 0 Å². The standard InChI is InChI=1S/C18H30N2O/c1-4-11-20(14-17-7-5-6-10-19-17)13-16-8-9-18(21-3)15(2)12-16/h8-9,12,17,19H,4-7,10-11,13-14H2,1-3H3. The summed E-state index contributed by atoms with van der Waals surface area (Å²) >= 11 is 0. The largest absolute Gasteiger partial charge is 0.496 e. The Morgan fingerprint density at radius 3 is 2.81 bits per heavy atom. The van der Waals surface area contributed by atoms with Gasteiger partial charge < -0.3 is 10.1 Å². The Balaban J connectivity index is 1.96. The van der Waals surface area contributed by atoms with E-state index in [9.17, 15) is 0 Å². The number of nitrogens with one attached hydrogen (secondary N) is 1. The van der Waals surface area contributed by atoms with Gasteiger partial charge in [0.2, 0.25) is 0 Å². The van der Waals surface area contributed by atoms with Gasteiger partial charge in [0, 0.05) is 19.1 Å². The van der Waals surface area contributed by atoms with Gasteiger partial charge in [0.15, 0.2) is 0 Å². The molecule has 1 heterocycles. The lowest BCUT2D eigenvalue weighted by Crippen LogP contribution is -2.43. The molecule has 1 aliphatic heterocycles. The Morgan fingerprint density at radius 2 is 2.19 bits per heavy atom. The SMILES string of the molecule is CCCN(Cc1ccc(OC)c(C)c1)CC1CCCCN1. The third-order valence-electron chi connectivity index (χ3n) is 4.30. The van der Waals surface area contributed by atoms with Crippen LogP contribution < -0.4 is 10.1 Å². The molecule has 3 heteroatoms. The summed E-state index contributed by atoms with van der Waals surface area (Å²) in [6, 6.07) is 7.22. The van der Waals surface area contributed by atoms with E-state index in [1.807, 2.05) is 0 Å². The minimum Gasteiger partial charge on any atom is -0.496 e. The van der Waals surface area contributed by atoms with E-state index < -0.39 is 0 Å². The van der Waals surface area contributed by atoms with E-state index in [2.05, 4.69) is 42.3 Å². The second kappa shape index (κ2) is 8.40. The molecule has 21 heavy (non-hydrogen) atoms.